The van der Waals surface area contributed by atoms with Crippen LogP contribution in [0, 0.1) is 33.4 Å². The summed E-state index contributed by atoms with van der Waals surface area (Å²) in [6.45, 7) is 0. The Morgan fingerprint density at radius 3 is 2.29 bits per heavy atom. The Hall–Kier alpha value is -2.49. The predicted octanol–water partition coefficient (Wildman–Crippen LogP) is 3.34. The predicted molar refractivity (Wildman–Crippen MR) is 63.3 cm³/mol. The fraction of sp³-hybridized carbons (Fsp3) is 0. The molecule has 0 bridgehead atoms. The van der Waals surface area contributed by atoms with Gasteiger partial charge >= 0.3 is 5.69 Å². The Bertz CT molecular complexity index is 717. The minimum absolute atomic E-state index is 0.00276. The molecule has 0 radical (unpaired) electrons. The summed E-state index contributed by atoms with van der Waals surface area (Å²) in [7, 11) is 0. The third-order valence-corrected chi connectivity index (χ3v) is 2.47. The molecular formula is C10H3ClF4N4O2. The molecule has 0 amide bonds. The maximum atomic E-state index is 13.5. The van der Waals surface area contributed by atoms with E-state index in [1.807, 2.05) is 0 Å². The highest BCUT2D eigenvalue weighted by molar-refractivity contribution is 6.28. The van der Waals surface area contributed by atoms with Crippen LogP contribution >= 0.6 is 11.6 Å². The molecular weight excluding hydrogens is 320 g/mol. The minimum atomic E-state index is -1.77. The molecule has 1 heterocycles. The summed E-state index contributed by atoms with van der Waals surface area (Å²) in [5.74, 6) is -7.61. The van der Waals surface area contributed by atoms with Crippen LogP contribution < -0.4 is 5.32 Å². The highest BCUT2D eigenvalue weighted by Gasteiger charge is 2.24. The maximum Gasteiger partial charge on any atom is 0.329 e. The number of nitrogens with zero attached hydrogens (tertiary/aromatic N) is 3. The SMILES string of the molecule is O=[N+]([O-])c1cnc(Cl)nc1Nc1c(F)c(F)cc(F)c1F. The lowest BCUT2D eigenvalue weighted by Crippen LogP contribution is -2.06. The van der Waals surface area contributed by atoms with E-state index in [9.17, 15) is 27.7 Å². The van der Waals surface area contributed by atoms with E-state index < -0.39 is 50.7 Å². The fourth-order valence-electron chi connectivity index (χ4n) is 1.38. The van der Waals surface area contributed by atoms with Gasteiger partial charge in [0, 0.05) is 6.07 Å². The lowest BCUT2D eigenvalue weighted by atomic mass is 10.2. The van der Waals surface area contributed by atoms with Gasteiger partial charge in [-0.25, -0.2) is 22.5 Å². The van der Waals surface area contributed by atoms with Crippen molar-refractivity contribution in [3.63, 3.8) is 0 Å². The molecule has 0 fully saturated rings. The Labute approximate surface area is 118 Å². The molecule has 1 aromatic carbocycles. The van der Waals surface area contributed by atoms with Gasteiger partial charge in [-0.15, -0.1) is 0 Å². The van der Waals surface area contributed by atoms with Crippen molar-refractivity contribution < 1.29 is 22.5 Å². The number of hydrogen-bond acceptors (Lipinski definition) is 5. The van der Waals surface area contributed by atoms with Crippen molar-refractivity contribution in [3.8, 4) is 0 Å². The van der Waals surface area contributed by atoms with Gasteiger partial charge in [-0.1, -0.05) is 0 Å². The molecule has 2 aromatic rings. The highest BCUT2D eigenvalue weighted by atomic mass is 35.5. The van der Waals surface area contributed by atoms with Gasteiger partial charge < -0.3 is 5.32 Å². The van der Waals surface area contributed by atoms with Crippen molar-refractivity contribution in [2.45, 2.75) is 0 Å². The number of nitro groups is 1. The second-order valence-corrected chi connectivity index (χ2v) is 3.94. The van der Waals surface area contributed by atoms with E-state index in [4.69, 9.17) is 11.6 Å². The zero-order chi connectivity index (χ0) is 15.7. The van der Waals surface area contributed by atoms with Gasteiger partial charge in [0.25, 0.3) is 0 Å². The van der Waals surface area contributed by atoms with Crippen LogP contribution in [0.1, 0.15) is 0 Å². The van der Waals surface area contributed by atoms with Crippen molar-refractivity contribution >= 4 is 28.8 Å². The van der Waals surface area contributed by atoms with Crippen LogP contribution in [0.5, 0.6) is 0 Å². The van der Waals surface area contributed by atoms with Crippen LogP contribution in [0.25, 0.3) is 0 Å². The number of hydrogen-bond donors (Lipinski definition) is 1. The second-order valence-electron chi connectivity index (χ2n) is 3.60. The molecule has 6 nitrogen and oxygen atoms in total. The van der Waals surface area contributed by atoms with Gasteiger partial charge in [0.05, 0.1) is 4.92 Å². The lowest BCUT2D eigenvalue weighted by molar-refractivity contribution is -0.384. The molecule has 2 rings (SSSR count). The molecule has 0 aliphatic heterocycles. The molecule has 110 valence electrons. The first-order valence-electron chi connectivity index (χ1n) is 5.08. The van der Waals surface area contributed by atoms with Crippen LogP contribution in [0.2, 0.25) is 5.28 Å². The van der Waals surface area contributed by atoms with Crippen LogP contribution in [-0.4, -0.2) is 14.9 Å². The molecule has 0 saturated carbocycles. The Morgan fingerprint density at radius 2 is 1.76 bits per heavy atom. The zero-order valence-corrected chi connectivity index (χ0v) is 10.5. The van der Waals surface area contributed by atoms with Crippen molar-refractivity contribution in [3.05, 3.63) is 50.9 Å². The first-order chi connectivity index (χ1) is 9.81. The smallest absolute Gasteiger partial charge is 0.329 e. The quantitative estimate of drug-likeness (QED) is 0.308. The molecule has 21 heavy (non-hydrogen) atoms. The monoisotopic (exact) mass is 322 g/mol. The molecule has 0 saturated heterocycles. The molecule has 1 aromatic heterocycles. The number of nitrogens with one attached hydrogen (secondary N) is 1. The topological polar surface area (TPSA) is 81.0 Å². The highest BCUT2D eigenvalue weighted by Crippen LogP contribution is 2.30. The number of anilines is 2. The molecule has 0 aliphatic rings. The van der Waals surface area contributed by atoms with Crippen molar-refractivity contribution in [1.29, 1.82) is 0 Å². The number of aromatic nitrogens is 2. The van der Waals surface area contributed by atoms with E-state index in [-0.39, 0.29) is 6.07 Å². The minimum Gasteiger partial charge on any atom is -0.329 e. The normalized spacial score (nSPS) is 10.5. The zero-order valence-electron chi connectivity index (χ0n) is 9.70. The Kier molecular flexibility index (Phi) is 3.89. The number of benzene rings is 1. The second kappa shape index (κ2) is 5.48. The van der Waals surface area contributed by atoms with Crippen LogP contribution in [-0.2, 0) is 0 Å². The van der Waals surface area contributed by atoms with Crippen LogP contribution in [0.4, 0.5) is 34.8 Å². The summed E-state index contributed by atoms with van der Waals surface area (Å²) in [6.07, 6.45) is 0.670. The van der Waals surface area contributed by atoms with Crippen LogP contribution in [0.15, 0.2) is 12.3 Å². The van der Waals surface area contributed by atoms with E-state index in [0.717, 1.165) is 0 Å². The summed E-state index contributed by atoms with van der Waals surface area (Å²) in [6, 6.07) is -0.00276. The van der Waals surface area contributed by atoms with Crippen LogP contribution in [0.3, 0.4) is 0 Å². The van der Waals surface area contributed by atoms with Gasteiger partial charge in [-0.2, -0.15) is 4.98 Å². The average molecular weight is 323 g/mol. The van der Waals surface area contributed by atoms with E-state index in [0.29, 0.717) is 6.20 Å². The lowest BCUT2D eigenvalue weighted by Gasteiger charge is -2.09. The molecule has 11 heteroatoms. The first kappa shape index (κ1) is 14.9. The molecule has 0 aliphatic carbocycles. The standard InChI is InChI=1S/C10H3ClF4N4O2/c11-10-16-2-5(19(20)21)9(18-10)17-8-6(14)3(12)1-4(13)7(8)15/h1-2H,(H,16,17,18). The molecule has 0 spiro atoms. The summed E-state index contributed by atoms with van der Waals surface area (Å²) in [5, 5.41) is 12.1. The third kappa shape index (κ3) is 2.84. The van der Waals surface area contributed by atoms with Gasteiger partial charge in [0.15, 0.2) is 23.3 Å². The molecule has 0 atom stereocenters. The summed E-state index contributed by atoms with van der Waals surface area (Å²) >= 11 is 5.41. The van der Waals surface area contributed by atoms with Gasteiger partial charge in [0.2, 0.25) is 11.1 Å². The average Bonchev–Trinajstić information content (AvgIpc) is 2.41. The maximum absolute atomic E-state index is 13.5. The number of rotatable bonds is 3. The van der Waals surface area contributed by atoms with Crippen molar-refractivity contribution in [1.82, 2.24) is 9.97 Å². The van der Waals surface area contributed by atoms with E-state index in [1.165, 1.54) is 0 Å². The first-order valence-corrected chi connectivity index (χ1v) is 5.46. The fourth-order valence-corrected chi connectivity index (χ4v) is 1.51. The summed E-state index contributed by atoms with van der Waals surface area (Å²) in [4.78, 5) is 16.4. The van der Waals surface area contributed by atoms with E-state index >= 15 is 0 Å². The van der Waals surface area contributed by atoms with Crippen molar-refractivity contribution in [2.75, 3.05) is 5.32 Å². The van der Waals surface area contributed by atoms with Gasteiger partial charge in [-0.05, 0) is 11.6 Å². The van der Waals surface area contributed by atoms with E-state index in [1.54, 1.807) is 5.32 Å². The Morgan fingerprint density at radius 1 is 1.19 bits per heavy atom. The number of halogens is 5. The van der Waals surface area contributed by atoms with Gasteiger partial charge in [-0.3, -0.25) is 10.1 Å². The summed E-state index contributed by atoms with van der Waals surface area (Å²) < 4.78 is 53.0. The van der Waals surface area contributed by atoms with E-state index in [2.05, 4.69) is 9.97 Å². The largest absolute Gasteiger partial charge is 0.329 e. The van der Waals surface area contributed by atoms with Crippen molar-refractivity contribution in [2.24, 2.45) is 0 Å². The Balaban J connectivity index is 2.58. The third-order valence-electron chi connectivity index (χ3n) is 2.29. The summed E-state index contributed by atoms with van der Waals surface area (Å²) in [5.41, 5.74) is -2.06. The van der Waals surface area contributed by atoms with Gasteiger partial charge in [0.1, 0.15) is 11.9 Å². The molecule has 0 unspecified atom stereocenters. The molecule has 1 N–H and O–H groups in total.